The minimum atomic E-state index is -0.209. The molecule has 0 aliphatic carbocycles. The van der Waals surface area contributed by atoms with Gasteiger partial charge in [0.2, 0.25) is 0 Å². The average molecular weight is 167 g/mol. The van der Waals surface area contributed by atoms with E-state index in [4.69, 9.17) is 5.73 Å². The second-order valence-electron chi connectivity index (χ2n) is 3.02. The summed E-state index contributed by atoms with van der Waals surface area (Å²) in [7, 11) is 0. The summed E-state index contributed by atoms with van der Waals surface area (Å²) in [5, 5.41) is 0. The van der Waals surface area contributed by atoms with E-state index in [1.54, 1.807) is 6.07 Å². The van der Waals surface area contributed by atoms with E-state index in [1.165, 1.54) is 12.1 Å². The predicted octanol–water partition coefficient (Wildman–Crippen LogP) is 2.54. The van der Waals surface area contributed by atoms with Crippen LogP contribution in [-0.4, -0.2) is 0 Å². The van der Waals surface area contributed by atoms with Gasteiger partial charge in [0.25, 0.3) is 0 Å². The molecule has 0 fully saturated rings. The van der Waals surface area contributed by atoms with E-state index >= 15 is 0 Å². The normalized spacial score (nSPS) is 13.0. The van der Waals surface area contributed by atoms with E-state index in [9.17, 15) is 4.39 Å². The molecule has 0 heterocycles. The molecule has 1 rings (SSSR count). The van der Waals surface area contributed by atoms with Gasteiger partial charge in [0, 0.05) is 6.04 Å². The van der Waals surface area contributed by atoms with Crippen molar-refractivity contribution >= 4 is 0 Å². The van der Waals surface area contributed by atoms with Crippen molar-refractivity contribution in [2.45, 2.75) is 26.3 Å². The maximum Gasteiger partial charge on any atom is 0.123 e. The van der Waals surface area contributed by atoms with Crippen molar-refractivity contribution in [1.29, 1.82) is 0 Å². The monoisotopic (exact) mass is 167 g/mol. The number of hydrogen-bond donors (Lipinski definition) is 1. The van der Waals surface area contributed by atoms with Crippen LogP contribution in [0.5, 0.6) is 0 Å². The summed E-state index contributed by atoms with van der Waals surface area (Å²) in [6, 6.07) is 4.70. The molecule has 0 aliphatic rings. The van der Waals surface area contributed by atoms with Crippen molar-refractivity contribution < 1.29 is 4.39 Å². The molecule has 0 radical (unpaired) electrons. The molecular weight excluding hydrogens is 153 g/mol. The molecule has 1 aromatic carbocycles. The summed E-state index contributed by atoms with van der Waals surface area (Å²) in [4.78, 5) is 0. The third-order valence-corrected chi connectivity index (χ3v) is 2.08. The second-order valence-corrected chi connectivity index (χ2v) is 3.02. The first-order valence-electron chi connectivity index (χ1n) is 4.16. The van der Waals surface area contributed by atoms with Crippen molar-refractivity contribution in [3.8, 4) is 0 Å². The molecule has 1 unspecified atom stereocenters. The lowest BCUT2D eigenvalue weighted by atomic mass is 10.0. The number of halogens is 1. The number of benzene rings is 1. The highest BCUT2D eigenvalue weighted by atomic mass is 19.1. The lowest BCUT2D eigenvalue weighted by molar-refractivity contribution is 0.615. The van der Waals surface area contributed by atoms with Crippen LogP contribution in [0.4, 0.5) is 4.39 Å². The molecule has 0 aromatic heterocycles. The van der Waals surface area contributed by atoms with E-state index < -0.39 is 0 Å². The largest absolute Gasteiger partial charge is 0.324 e. The molecule has 0 aliphatic heterocycles. The molecule has 2 heteroatoms. The summed E-state index contributed by atoms with van der Waals surface area (Å²) >= 11 is 0. The number of rotatable bonds is 2. The van der Waals surface area contributed by atoms with Crippen LogP contribution >= 0.6 is 0 Å². The summed E-state index contributed by atoms with van der Waals surface area (Å²) in [6.45, 7) is 3.94. The Morgan fingerprint density at radius 2 is 2.17 bits per heavy atom. The van der Waals surface area contributed by atoms with Crippen molar-refractivity contribution in [3.63, 3.8) is 0 Å². The molecule has 0 bridgehead atoms. The Kier molecular flexibility index (Phi) is 2.82. The van der Waals surface area contributed by atoms with Gasteiger partial charge >= 0.3 is 0 Å². The van der Waals surface area contributed by atoms with Gasteiger partial charge in [0.05, 0.1) is 0 Å². The van der Waals surface area contributed by atoms with Crippen molar-refractivity contribution in [3.05, 3.63) is 35.1 Å². The second kappa shape index (κ2) is 3.68. The Labute approximate surface area is 72.4 Å². The van der Waals surface area contributed by atoms with Gasteiger partial charge in [0.15, 0.2) is 0 Å². The van der Waals surface area contributed by atoms with Crippen LogP contribution in [0.1, 0.15) is 30.5 Å². The first-order chi connectivity index (χ1) is 5.65. The van der Waals surface area contributed by atoms with Gasteiger partial charge < -0.3 is 5.73 Å². The van der Waals surface area contributed by atoms with Crippen LogP contribution in [0.3, 0.4) is 0 Å². The fourth-order valence-corrected chi connectivity index (χ4v) is 1.23. The predicted molar refractivity (Wildman–Crippen MR) is 48.4 cm³/mol. The SMILES string of the molecule is CCC(N)c1cc(F)ccc1C. The third kappa shape index (κ3) is 1.83. The molecule has 1 nitrogen and oxygen atoms in total. The van der Waals surface area contributed by atoms with Gasteiger partial charge in [0.1, 0.15) is 5.82 Å². The molecular formula is C10H14FN. The van der Waals surface area contributed by atoms with Crippen molar-refractivity contribution in [2.24, 2.45) is 5.73 Å². The third-order valence-electron chi connectivity index (χ3n) is 2.08. The number of hydrogen-bond acceptors (Lipinski definition) is 1. The summed E-state index contributed by atoms with van der Waals surface area (Å²) in [6.07, 6.45) is 0.838. The maximum absolute atomic E-state index is 12.8. The standard InChI is InChI=1S/C10H14FN/c1-3-10(12)9-6-8(11)5-4-7(9)2/h4-6,10H,3,12H2,1-2H3. The first-order valence-corrected chi connectivity index (χ1v) is 4.16. The van der Waals surface area contributed by atoms with Crippen LogP contribution < -0.4 is 5.73 Å². The Morgan fingerprint density at radius 1 is 1.50 bits per heavy atom. The molecule has 12 heavy (non-hydrogen) atoms. The minimum absolute atomic E-state index is 0.0410. The van der Waals surface area contributed by atoms with E-state index in [0.717, 1.165) is 17.5 Å². The van der Waals surface area contributed by atoms with Crippen LogP contribution in [0.2, 0.25) is 0 Å². The highest BCUT2D eigenvalue weighted by Gasteiger charge is 2.06. The highest BCUT2D eigenvalue weighted by Crippen LogP contribution is 2.18. The molecule has 1 aromatic rings. The zero-order chi connectivity index (χ0) is 9.14. The van der Waals surface area contributed by atoms with Crippen LogP contribution in [0.25, 0.3) is 0 Å². The van der Waals surface area contributed by atoms with E-state index in [1.807, 2.05) is 13.8 Å². The Bertz CT molecular complexity index is 271. The fraction of sp³-hybridized carbons (Fsp3) is 0.400. The molecule has 0 spiro atoms. The first kappa shape index (κ1) is 9.20. The maximum atomic E-state index is 12.8. The number of nitrogens with two attached hydrogens (primary N) is 1. The van der Waals surface area contributed by atoms with Gasteiger partial charge in [-0.25, -0.2) is 4.39 Å². The topological polar surface area (TPSA) is 26.0 Å². The Balaban J connectivity index is 3.04. The van der Waals surface area contributed by atoms with E-state index in [-0.39, 0.29) is 11.9 Å². The van der Waals surface area contributed by atoms with Gasteiger partial charge in [-0.05, 0) is 36.6 Å². The van der Waals surface area contributed by atoms with Gasteiger partial charge in [-0.15, -0.1) is 0 Å². The van der Waals surface area contributed by atoms with Crippen molar-refractivity contribution in [1.82, 2.24) is 0 Å². The Morgan fingerprint density at radius 3 is 2.75 bits per heavy atom. The Hall–Kier alpha value is -0.890. The molecule has 66 valence electrons. The molecule has 2 N–H and O–H groups in total. The molecule has 0 amide bonds. The highest BCUT2D eigenvalue weighted by molar-refractivity contribution is 5.29. The fourth-order valence-electron chi connectivity index (χ4n) is 1.23. The number of aryl methyl sites for hydroxylation is 1. The quantitative estimate of drug-likeness (QED) is 0.719. The smallest absolute Gasteiger partial charge is 0.123 e. The van der Waals surface area contributed by atoms with Gasteiger partial charge in [-0.2, -0.15) is 0 Å². The zero-order valence-electron chi connectivity index (χ0n) is 7.47. The van der Waals surface area contributed by atoms with Crippen LogP contribution in [0.15, 0.2) is 18.2 Å². The summed E-state index contributed by atoms with van der Waals surface area (Å²) < 4.78 is 12.8. The minimum Gasteiger partial charge on any atom is -0.324 e. The average Bonchev–Trinajstić information content (AvgIpc) is 2.08. The van der Waals surface area contributed by atoms with Gasteiger partial charge in [-0.3, -0.25) is 0 Å². The lowest BCUT2D eigenvalue weighted by Crippen LogP contribution is -2.10. The van der Waals surface area contributed by atoms with E-state index in [2.05, 4.69) is 0 Å². The zero-order valence-corrected chi connectivity index (χ0v) is 7.47. The molecule has 1 atom stereocenters. The van der Waals surface area contributed by atoms with Crippen molar-refractivity contribution in [2.75, 3.05) is 0 Å². The van der Waals surface area contributed by atoms with Crippen LogP contribution in [0, 0.1) is 12.7 Å². The van der Waals surface area contributed by atoms with Crippen LogP contribution in [-0.2, 0) is 0 Å². The summed E-state index contributed by atoms with van der Waals surface area (Å²) in [5.74, 6) is -0.209. The van der Waals surface area contributed by atoms with Gasteiger partial charge in [-0.1, -0.05) is 13.0 Å². The van der Waals surface area contributed by atoms with E-state index in [0.29, 0.717) is 0 Å². The molecule has 0 saturated heterocycles. The molecule has 0 saturated carbocycles. The summed E-state index contributed by atoms with van der Waals surface area (Å²) in [5.41, 5.74) is 7.77. The lowest BCUT2D eigenvalue weighted by Gasteiger charge is -2.11.